The Morgan fingerprint density at radius 2 is 2.00 bits per heavy atom. The van der Waals surface area contributed by atoms with Crippen molar-refractivity contribution >= 4 is 34.4 Å². The third-order valence-electron chi connectivity index (χ3n) is 3.35. The molecule has 134 valence electrons. The fraction of sp³-hybridized carbons (Fsp3) is 0.222. The summed E-state index contributed by atoms with van der Waals surface area (Å²) < 4.78 is 6.65. The largest absolute Gasteiger partial charge is 0.444 e. The van der Waals surface area contributed by atoms with Crippen LogP contribution < -0.4 is 10.9 Å². The van der Waals surface area contributed by atoms with Crippen LogP contribution in [0.2, 0.25) is 5.28 Å². The molecule has 0 saturated carbocycles. The number of rotatable bonds is 2. The average molecular weight is 373 g/mol. The Kier molecular flexibility index (Phi) is 4.65. The van der Waals surface area contributed by atoms with Gasteiger partial charge in [-0.05, 0) is 56.6 Å². The summed E-state index contributed by atoms with van der Waals surface area (Å²) in [7, 11) is 0. The Hall–Kier alpha value is -2.93. The highest BCUT2D eigenvalue weighted by Gasteiger charge is 2.16. The maximum atomic E-state index is 12.4. The van der Waals surface area contributed by atoms with E-state index in [1.54, 1.807) is 57.3 Å². The molecule has 2 aromatic heterocycles. The molecule has 0 atom stereocenters. The van der Waals surface area contributed by atoms with Gasteiger partial charge in [-0.3, -0.25) is 14.7 Å². The van der Waals surface area contributed by atoms with E-state index in [9.17, 15) is 9.59 Å². The van der Waals surface area contributed by atoms with Crippen molar-refractivity contribution < 1.29 is 9.53 Å². The van der Waals surface area contributed by atoms with Crippen LogP contribution in [-0.4, -0.2) is 26.2 Å². The van der Waals surface area contributed by atoms with Crippen LogP contribution in [0.1, 0.15) is 20.8 Å². The summed E-state index contributed by atoms with van der Waals surface area (Å²) in [6.07, 6.45) is 0.967. The van der Waals surface area contributed by atoms with E-state index in [0.717, 1.165) is 0 Å². The van der Waals surface area contributed by atoms with E-state index < -0.39 is 11.7 Å². The number of halogens is 1. The second-order valence-corrected chi connectivity index (χ2v) is 6.94. The lowest BCUT2D eigenvalue weighted by molar-refractivity contribution is 0.0636. The molecule has 0 aliphatic heterocycles. The van der Waals surface area contributed by atoms with Gasteiger partial charge in [-0.2, -0.15) is 4.98 Å². The number of hydrogen-bond donors (Lipinski definition) is 1. The van der Waals surface area contributed by atoms with E-state index >= 15 is 0 Å². The van der Waals surface area contributed by atoms with E-state index in [2.05, 4.69) is 15.3 Å². The first-order valence-corrected chi connectivity index (χ1v) is 8.25. The zero-order chi connectivity index (χ0) is 18.9. The number of ether oxygens (including phenoxy) is 1. The quantitative estimate of drug-likeness (QED) is 0.692. The van der Waals surface area contributed by atoms with Crippen molar-refractivity contribution in [3.8, 4) is 5.69 Å². The van der Waals surface area contributed by atoms with Crippen LogP contribution in [-0.2, 0) is 4.74 Å². The van der Waals surface area contributed by atoms with Crippen molar-refractivity contribution in [1.82, 2.24) is 14.5 Å². The van der Waals surface area contributed by atoms with Crippen molar-refractivity contribution in [2.45, 2.75) is 26.4 Å². The van der Waals surface area contributed by atoms with Gasteiger partial charge in [0.15, 0.2) is 5.65 Å². The Bertz CT molecular complexity index is 1040. The van der Waals surface area contributed by atoms with Crippen molar-refractivity contribution in [2.75, 3.05) is 5.32 Å². The molecule has 1 N–H and O–H groups in total. The van der Waals surface area contributed by atoms with E-state index in [-0.39, 0.29) is 10.8 Å². The van der Waals surface area contributed by atoms with Gasteiger partial charge in [-0.25, -0.2) is 9.78 Å². The van der Waals surface area contributed by atoms with E-state index in [1.807, 2.05) is 0 Å². The maximum absolute atomic E-state index is 12.4. The minimum Gasteiger partial charge on any atom is -0.444 e. The van der Waals surface area contributed by atoms with E-state index in [0.29, 0.717) is 22.4 Å². The predicted molar refractivity (Wildman–Crippen MR) is 100 cm³/mol. The molecule has 0 radical (unpaired) electrons. The Morgan fingerprint density at radius 1 is 1.23 bits per heavy atom. The normalized spacial score (nSPS) is 11.4. The molecule has 2 heterocycles. The van der Waals surface area contributed by atoms with Gasteiger partial charge in [0.25, 0.3) is 5.56 Å². The van der Waals surface area contributed by atoms with Crippen LogP contribution in [0.4, 0.5) is 10.5 Å². The molecule has 0 spiro atoms. The van der Waals surface area contributed by atoms with E-state index in [4.69, 9.17) is 16.3 Å². The van der Waals surface area contributed by atoms with Crippen LogP contribution in [0.5, 0.6) is 0 Å². The second kappa shape index (κ2) is 6.76. The summed E-state index contributed by atoms with van der Waals surface area (Å²) >= 11 is 5.88. The second-order valence-electron chi connectivity index (χ2n) is 6.60. The monoisotopic (exact) mass is 372 g/mol. The Labute approximate surface area is 154 Å². The van der Waals surface area contributed by atoms with Crippen LogP contribution in [0.25, 0.3) is 16.7 Å². The first-order chi connectivity index (χ1) is 12.2. The zero-order valence-corrected chi connectivity index (χ0v) is 15.2. The number of pyridine rings is 1. The summed E-state index contributed by atoms with van der Waals surface area (Å²) in [5.74, 6) is 0. The van der Waals surface area contributed by atoms with E-state index in [1.165, 1.54) is 10.6 Å². The molecule has 0 unspecified atom stereocenters. The molecule has 0 fully saturated rings. The molecule has 0 bridgehead atoms. The first-order valence-electron chi connectivity index (χ1n) is 7.88. The van der Waals surface area contributed by atoms with Crippen molar-refractivity contribution in [3.63, 3.8) is 0 Å². The van der Waals surface area contributed by atoms with Crippen molar-refractivity contribution in [2.24, 2.45) is 0 Å². The number of carbonyl (C=O) groups is 1. The number of amides is 1. The molecule has 3 rings (SSSR count). The summed E-state index contributed by atoms with van der Waals surface area (Å²) in [4.78, 5) is 32.5. The smallest absolute Gasteiger partial charge is 0.412 e. The van der Waals surface area contributed by atoms with Gasteiger partial charge in [0, 0.05) is 23.3 Å². The molecule has 3 aromatic rings. The molecule has 1 aromatic carbocycles. The Morgan fingerprint density at radius 3 is 2.73 bits per heavy atom. The highest BCUT2D eigenvalue weighted by Crippen LogP contribution is 2.19. The van der Waals surface area contributed by atoms with Gasteiger partial charge in [-0.15, -0.1) is 0 Å². The van der Waals surface area contributed by atoms with Gasteiger partial charge in [0.2, 0.25) is 5.28 Å². The SMILES string of the molecule is CC(C)(C)OC(=O)Nc1cccc(-n2c(=O)ccc3cnc(Cl)nc32)c1. The first kappa shape index (κ1) is 17.9. The molecule has 7 nitrogen and oxygen atoms in total. The van der Waals surface area contributed by atoms with Crippen molar-refractivity contribution in [3.05, 3.63) is 58.2 Å². The molecule has 0 aliphatic carbocycles. The minimum atomic E-state index is -0.609. The topological polar surface area (TPSA) is 86.1 Å². The summed E-state index contributed by atoms with van der Waals surface area (Å²) in [6.45, 7) is 5.34. The maximum Gasteiger partial charge on any atom is 0.412 e. The molecule has 0 saturated heterocycles. The number of benzene rings is 1. The summed E-state index contributed by atoms with van der Waals surface area (Å²) in [5.41, 5.74) is 0.514. The van der Waals surface area contributed by atoms with Crippen LogP contribution in [0, 0.1) is 0 Å². The lowest BCUT2D eigenvalue weighted by atomic mass is 10.2. The van der Waals surface area contributed by atoms with Crippen LogP contribution in [0.3, 0.4) is 0 Å². The Balaban J connectivity index is 2.02. The highest BCUT2D eigenvalue weighted by molar-refractivity contribution is 6.28. The molecule has 26 heavy (non-hydrogen) atoms. The van der Waals surface area contributed by atoms with Crippen LogP contribution in [0.15, 0.2) is 47.4 Å². The number of nitrogens with one attached hydrogen (secondary N) is 1. The van der Waals surface area contributed by atoms with Gasteiger partial charge in [0.1, 0.15) is 5.60 Å². The van der Waals surface area contributed by atoms with Gasteiger partial charge in [0.05, 0.1) is 5.69 Å². The van der Waals surface area contributed by atoms with Gasteiger partial charge >= 0.3 is 6.09 Å². The van der Waals surface area contributed by atoms with Gasteiger partial charge < -0.3 is 4.74 Å². The number of nitrogens with zero attached hydrogens (tertiary/aromatic N) is 3. The third kappa shape index (κ3) is 4.00. The lowest BCUT2D eigenvalue weighted by Gasteiger charge is -2.20. The van der Waals surface area contributed by atoms with Crippen molar-refractivity contribution in [1.29, 1.82) is 0 Å². The predicted octanol–water partition coefficient (Wildman–Crippen LogP) is 3.78. The van der Waals surface area contributed by atoms with Gasteiger partial charge in [-0.1, -0.05) is 6.07 Å². The molecule has 8 heteroatoms. The fourth-order valence-electron chi connectivity index (χ4n) is 2.39. The number of hydrogen-bond acceptors (Lipinski definition) is 5. The molecular formula is C18H17ClN4O3. The number of anilines is 1. The number of aromatic nitrogens is 3. The lowest BCUT2D eigenvalue weighted by Crippen LogP contribution is -2.27. The minimum absolute atomic E-state index is 0.0416. The standard InChI is InChI=1S/C18H17ClN4O3/c1-18(2,3)26-17(25)21-12-5-4-6-13(9-12)23-14(24)8-7-11-10-20-16(19)22-15(11)23/h4-10H,1-3H3,(H,21,25). The zero-order valence-electron chi connectivity index (χ0n) is 14.5. The molecule has 0 aliphatic rings. The average Bonchev–Trinajstić information content (AvgIpc) is 2.53. The molecule has 1 amide bonds. The fourth-order valence-corrected chi connectivity index (χ4v) is 2.52. The summed E-state index contributed by atoms with van der Waals surface area (Å²) in [5, 5.41) is 3.36. The summed E-state index contributed by atoms with van der Waals surface area (Å²) in [6, 6.07) is 9.86. The number of fused-ring (bicyclic) bond motifs is 1. The highest BCUT2D eigenvalue weighted by atomic mass is 35.5. The number of carbonyl (C=O) groups excluding carboxylic acids is 1. The molecular weight excluding hydrogens is 356 g/mol. The van der Waals surface area contributed by atoms with Crippen LogP contribution >= 0.6 is 11.6 Å². The third-order valence-corrected chi connectivity index (χ3v) is 3.54.